The first-order valence-electron chi connectivity index (χ1n) is 9.09. The first kappa shape index (κ1) is 24.2. The second-order valence-electron chi connectivity index (χ2n) is 6.95. The maximum Gasteiger partial charge on any atom is 0.330 e. The van der Waals surface area contributed by atoms with Gasteiger partial charge in [0, 0.05) is 18.8 Å². The second-order valence-corrected chi connectivity index (χ2v) is 8.33. The Morgan fingerprint density at radius 1 is 1.40 bits per heavy atom. The van der Waals surface area contributed by atoms with E-state index in [1.165, 1.54) is 20.2 Å². The Morgan fingerprint density at radius 3 is 2.63 bits per heavy atom. The Labute approximate surface area is 172 Å². The molecule has 1 unspecified atom stereocenters. The fraction of sp³-hybridized carbons (Fsp3) is 0.588. The fourth-order valence-electron chi connectivity index (χ4n) is 2.90. The van der Waals surface area contributed by atoms with Crippen LogP contribution in [0.5, 0.6) is 0 Å². The SMILES string of the molecule is CNC(=O)COC1[C@@H](OC(C)C)[C@@H](/C=C/P(=O)([O-])[O-])O[C@H]1n1cc(C)c(=O)[nH]c1=O. The molecule has 1 aromatic rings. The summed E-state index contributed by atoms with van der Waals surface area (Å²) in [6.45, 7) is 4.52. The molecule has 1 fully saturated rings. The van der Waals surface area contributed by atoms with Gasteiger partial charge < -0.3 is 33.9 Å². The quantitative estimate of drug-likeness (QED) is 0.433. The van der Waals surface area contributed by atoms with Crippen LogP contribution in [0.25, 0.3) is 0 Å². The Morgan fingerprint density at radius 2 is 2.07 bits per heavy atom. The third-order valence-corrected chi connectivity index (χ3v) is 4.76. The predicted molar refractivity (Wildman–Crippen MR) is 101 cm³/mol. The number of carbonyl (C=O) groups excluding carboxylic acids is 1. The van der Waals surface area contributed by atoms with Crippen molar-refractivity contribution in [1.82, 2.24) is 14.9 Å². The summed E-state index contributed by atoms with van der Waals surface area (Å²) in [7, 11) is -3.57. The number of carbonyl (C=O) groups is 1. The molecule has 4 atom stereocenters. The lowest BCUT2D eigenvalue weighted by atomic mass is 10.1. The number of amides is 1. The first-order chi connectivity index (χ1) is 13.9. The molecule has 13 heteroatoms. The number of hydrogen-bond acceptors (Lipinski definition) is 9. The molecular formula is C17H24N3O9P-2. The van der Waals surface area contributed by atoms with Gasteiger partial charge in [-0.15, -0.1) is 0 Å². The van der Waals surface area contributed by atoms with E-state index >= 15 is 0 Å². The molecular weight excluding hydrogens is 421 g/mol. The van der Waals surface area contributed by atoms with Crippen LogP contribution in [-0.2, 0) is 23.6 Å². The lowest BCUT2D eigenvalue weighted by Crippen LogP contribution is -2.42. The molecule has 2 rings (SSSR count). The van der Waals surface area contributed by atoms with E-state index in [1.807, 2.05) is 0 Å². The van der Waals surface area contributed by atoms with Gasteiger partial charge in [0.05, 0.1) is 6.10 Å². The first-order valence-corrected chi connectivity index (χ1v) is 10.7. The molecule has 30 heavy (non-hydrogen) atoms. The second kappa shape index (κ2) is 9.82. The number of ether oxygens (including phenoxy) is 3. The molecule has 1 amide bonds. The maximum atomic E-state index is 12.4. The molecule has 2 heterocycles. The van der Waals surface area contributed by atoms with Crippen LogP contribution in [-0.4, -0.2) is 53.5 Å². The van der Waals surface area contributed by atoms with E-state index in [-0.39, 0.29) is 11.7 Å². The average Bonchev–Trinajstić information content (AvgIpc) is 2.97. The lowest BCUT2D eigenvalue weighted by Gasteiger charge is -2.27. The number of likely N-dealkylation sites (N-methyl/N-ethyl adjacent to an activating group) is 1. The topological polar surface area (TPSA) is 175 Å². The molecule has 168 valence electrons. The highest BCUT2D eigenvalue weighted by molar-refractivity contribution is 7.52. The van der Waals surface area contributed by atoms with Crippen molar-refractivity contribution < 1.29 is 33.4 Å². The van der Waals surface area contributed by atoms with E-state index < -0.39 is 55.9 Å². The maximum absolute atomic E-state index is 12.4. The van der Waals surface area contributed by atoms with Crippen LogP contribution in [0.2, 0.25) is 0 Å². The summed E-state index contributed by atoms with van der Waals surface area (Å²) in [5.74, 6) is -0.00221. The van der Waals surface area contributed by atoms with Crippen molar-refractivity contribution >= 4 is 13.5 Å². The molecule has 1 aromatic heterocycles. The average molecular weight is 445 g/mol. The van der Waals surface area contributed by atoms with E-state index in [2.05, 4.69) is 10.3 Å². The number of H-pyrrole nitrogens is 1. The van der Waals surface area contributed by atoms with E-state index in [4.69, 9.17) is 14.2 Å². The van der Waals surface area contributed by atoms with Gasteiger partial charge in [0.15, 0.2) is 6.23 Å². The number of aromatic nitrogens is 2. The molecule has 2 N–H and O–H groups in total. The molecule has 0 saturated carbocycles. The van der Waals surface area contributed by atoms with Crippen LogP contribution in [0, 0.1) is 6.92 Å². The summed E-state index contributed by atoms with van der Waals surface area (Å²) >= 11 is 0. The van der Waals surface area contributed by atoms with Gasteiger partial charge in [-0.05, 0) is 28.4 Å². The van der Waals surface area contributed by atoms with Crippen LogP contribution in [0.1, 0.15) is 25.6 Å². The highest BCUT2D eigenvalue weighted by Gasteiger charge is 2.47. The minimum atomic E-state index is -4.99. The van der Waals surface area contributed by atoms with Crippen molar-refractivity contribution in [3.63, 3.8) is 0 Å². The Kier molecular flexibility index (Phi) is 7.92. The molecule has 12 nitrogen and oxygen atoms in total. The number of nitrogens with zero attached hydrogens (tertiary/aromatic N) is 1. The van der Waals surface area contributed by atoms with E-state index in [0.717, 1.165) is 10.6 Å². The van der Waals surface area contributed by atoms with Gasteiger partial charge in [0.2, 0.25) is 5.91 Å². The smallest absolute Gasteiger partial charge is 0.330 e. The van der Waals surface area contributed by atoms with E-state index in [9.17, 15) is 28.7 Å². The minimum Gasteiger partial charge on any atom is -0.808 e. The summed E-state index contributed by atoms with van der Waals surface area (Å²) in [5.41, 5.74) is -1.16. The van der Waals surface area contributed by atoms with Gasteiger partial charge >= 0.3 is 5.69 Å². The van der Waals surface area contributed by atoms with Gasteiger partial charge in [-0.2, -0.15) is 0 Å². The van der Waals surface area contributed by atoms with Gasteiger partial charge in [-0.1, -0.05) is 11.9 Å². The number of aryl methyl sites for hydroxylation is 1. The van der Waals surface area contributed by atoms with Crippen molar-refractivity contribution in [2.24, 2.45) is 0 Å². The molecule has 0 radical (unpaired) electrons. The van der Waals surface area contributed by atoms with Crippen molar-refractivity contribution in [2.75, 3.05) is 13.7 Å². The largest absolute Gasteiger partial charge is 0.808 e. The summed E-state index contributed by atoms with van der Waals surface area (Å²) in [6.07, 6.45) is -2.35. The number of hydrogen-bond donors (Lipinski definition) is 2. The molecule has 1 aliphatic rings. The van der Waals surface area contributed by atoms with E-state index in [1.54, 1.807) is 13.8 Å². The molecule has 0 bridgehead atoms. The van der Waals surface area contributed by atoms with Crippen molar-refractivity contribution in [2.45, 2.75) is 51.4 Å². The Hall–Kier alpha value is -2.08. The summed E-state index contributed by atoms with van der Waals surface area (Å²) in [4.78, 5) is 60.0. The predicted octanol–water partition coefficient (Wildman–Crippen LogP) is -1.91. The third-order valence-electron chi connectivity index (χ3n) is 4.22. The van der Waals surface area contributed by atoms with Crippen molar-refractivity contribution in [1.29, 1.82) is 0 Å². The normalized spacial score (nSPS) is 24.6. The van der Waals surface area contributed by atoms with Gasteiger partial charge in [0.25, 0.3) is 5.56 Å². The third kappa shape index (κ3) is 6.21. The summed E-state index contributed by atoms with van der Waals surface area (Å²) < 4.78 is 29.3. The molecule has 0 aliphatic carbocycles. The highest BCUT2D eigenvalue weighted by Crippen LogP contribution is 2.36. The monoisotopic (exact) mass is 445 g/mol. The number of rotatable bonds is 8. The molecule has 1 aliphatic heterocycles. The Bertz CT molecular complexity index is 949. The number of aromatic amines is 1. The zero-order valence-electron chi connectivity index (χ0n) is 16.9. The minimum absolute atomic E-state index is 0.215. The van der Waals surface area contributed by atoms with Crippen LogP contribution in [0.15, 0.2) is 27.7 Å². The fourth-order valence-corrected chi connectivity index (χ4v) is 3.28. The molecule has 1 saturated heterocycles. The molecule has 0 spiro atoms. The standard InChI is InChI=1S/C17H26N3O9P/c1-9(2)28-13-11(5-6-30(24,25)26)29-16(14(13)27-8-12(21)18-4)20-7-10(3)15(22)19-17(20)23/h5-7,9,11,13-14,16H,8H2,1-4H3,(H,18,21)(H,19,22,23)(H2,24,25,26)/p-2/b6-5+/t11-,13+,14?,16-/m1/s1. The van der Waals surface area contributed by atoms with Crippen LogP contribution in [0.4, 0.5) is 0 Å². The molecule has 0 aromatic carbocycles. The summed E-state index contributed by atoms with van der Waals surface area (Å²) in [6, 6.07) is 0. The van der Waals surface area contributed by atoms with Gasteiger partial charge in [-0.3, -0.25) is 19.1 Å². The van der Waals surface area contributed by atoms with Crippen molar-refractivity contribution in [3.05, 3.63) is 44.5 Å². The Balaban J connectivity index is 2.50. The van der Waals surface area contributed by atoms with Crippen LogP contribution < -0.4 is 26.4 Å². The lowest BCUT2D eigenvalue weighted by molar-refractivity contribution is -0.308. The van der Waals surface area contributed by atoms with Crippen LogP contribution >= 0.6 is 7.60 Å². The zero-order chi connectivity index (χ0) is 22.6. The highest BCUT2D eigenvalue weighted by atomic mass is 31.2. The van der Waals surface area contributed by atoms with Crippen molar-refractivity contribution in [3.8, 4) is 0 Å². The van der Waals surface area contributed by atoms with Crippen LogP contribution in [0.3, 0.4) is 0 Å². The van der Waals surface area contributed by atoms with Gasteiger partial charge in [0.1, 0.15) is 24.9 Å². The number of nitrogens with one attached hydrogen (secondary N) is 2. The summed E-state index contributed by atoms with van der Waals surface area (Å²) in [5, 5.41) is 2.39. The van der Waals surface area contributed by atoms with E-state index in [0.29, 0.717) is 5.82 Å². The van der Waals surface area contributed by atoms with Gasteiger partial charge in [-0.25, -0.2) is 4.79 Å². The zero-order valence-corrected chi connectivity index (χ0v) is 17.8.